The molecule has 0 saturated carbocycles. The van der Waals surface area contributed by atoms with Crippen LogP contribution in [0.25, 0.3) is 0 Å². The Morgan fingerprint density at radius 1 is 0.900 bits per heavy atom. The standard InChI is InChI=1S/C16H17BrO3/c1-18-14-5-3-4-13(8-14)11-20-15-7-6-12(10-17)9-16(15)19-2/h3-9H,10-11H2,1-2H3. The predicted octanol–water partition coefficient (Wildman–Crippen LogP) is 4.18. The highest BCUT2D eigenvalue weighted by molar-refractivity contribution is 9.08. The maximum absolute atomic E-state index is 5.82. The molecule has 0 aliphatic heterocycles. The van der Waals surface area contributed by atoms with Gasteiger partial charge in [0, 0.05) is 5.33 Å². The molecule has 0 atom stereocenters. The van der Waals surface area contributed by atoms with Gasteiger partial charge >= 0.3 is 0 Å². The van der Waals surface area contributed by atoms with Crippen molar-refractivity contribution in [3.8, 4) is 17.2 Å². The monoisotopic (exact) mass is 336 g/mol. The molecule has 0 unspecified atom stereocenters. The Kier molecular flexibility index (Phi) is 5.30. The van der Waals surface area contributed by atoms with E-state index in [4.69, 9.17) is 14.2 Å². The van der Waals surface area contributed by atoms with Crippen LogP contribution >= 0.6 is 15.9 Å². The minimum Gasteiger partial charge on any atom is -0.497 e. The van der Waals surface area contributed by atoms with Crippen molar-refractivity contribution < 1.29 is 14.2 Å². The summed E-state index contributed by atoms with van der Waals surface area (Å²) in [5.74, 6) is 2.30. The number of rotatable bonds is 6. The molecule has 106 valence electrons. The van der Waals surface area contributed by atoms with E-state index in [1.54, 1.807) is 14.2 Å². The van der Waals surface area contributed by atoms with E-state index in [1.807, 2.05) is 42.5 Å². The van der Waals surface area contributed by atoms with Crippen LogP contribution in [0, 0.1) is 0 Å². The first-order valence-electron chi connectivity index (χ1n) is 6.25. The molecule has 2 aromatic carbocycles. The molecule has 0 amide bonds. The number of halogens is 1. The number of ether oxygens (including phenoxy) is 3. The molecule has 0 heterocycles. The summed E-state index contributed by atoms with van der Waals surface area (Å²) in [5, 5.41) is 0.791. The first-order valence-corrected chi connectivity index (χ1v) is 7.37. The van der Waals surface area contributed by atoms with Gasteiger partial charge in [0.1, 0.15) is 12.4 Å². The zero-order valence-electron chi connectivity index (χ0n) is 11.6. The summed E-state index contributed by atoms with van der Waals surface area (Å²) in [7, 11) is 3.30. The van der Waals surface area contributed by atoms with E-state index in [9.17, 15) is 0 Å². The largest absolute Gasteiger partial charge is 0.497 e. The third kappa shape index (κ3) is 3.67. The van der Waals surface area contributed by atoms with E-state index in [-0.39, 0.29) is 0 Å². The first-order chi connectivity index (χ1) is 9.76. The molecular formula is C16H17BrO3. The quantitative estimate of drug-likeness (QED) is 0.740. The summed E-state index contributed by atoms with van der Waals surface area (Å²) < 4.78 is 16.4. The first kappa shape index (κ1) is 14.7. The molecule has 0 aliphatic carbocycles. The van der Waals surface area contributed by atoms with Crippen LogP contribution in [0.15, 0.2) is 42.5 Å². The fraction of sp³-hybridized carbons (Fsp3) is 0.250. The van der Waals surface area contributed by atoms with Crippen molar-refractivity contribution in [1.29, 1.82) is 0 Å². The van der Waals surface area contributed by atoms with Crippen molar-refractivity contribution in [2.24, 2.45) is 0 Å². The summed E-state index contributed by atoms with van der Waals surface area (Å²) in [5.41, 5.74) is 2.20. The number of hydrogen-bond acceptors (Lipinski definition) is 3. The van der Waals surface area contributed by atoms with Crippen LogP contribution < -0.4 is 14.2 Å². The van der Waals surface area contributed by atoms with Gasteiger partial charge in [0.15, 0.2) is 11.5 Å². The van der Waals surface area contributed by atoms with Crippen LogP contribution in [0.5, 0.6) is 17.2 Å². The molecule has 2 aromatic rings. The van der Waals surface area contributed by atoms with Crippen LogP contribution in [0.4, 0.5) is 0 Å². The lowest BCUT2D eigenvalue weighted by atomic mass is 10.2. The lowest BCUT2D eigenvalue weighted by Crippen LogP contribution is -1.98. The minimum absolute atomic E-state index is 0.473. The summed E-state index contributed by atoms with van der Waals surface area (Å²) in [6.45, 7) is 0.473. The van der Waals surface area contributed by atoms with E-state index < -0.39 is 0 Å². The number of alkyl halides is 1. The Morgan fingerprint density at radius 3 is 2.45 bits per heavy atom. The van der Waals surface area contributed by atoms with Crippen LogP contribution in [-0.2, 0) is 11.9 Å². The van der Waals surface area contributed by atoms with Crippen molar-refractivity contribution in [2.75, 3.05) is 14.2 Å². The van der Waals surface area contributed by atoms with Gasteiger partial charge in [0.25, 0.3) is 0 Å². The summed E-state index contributed by atoms with van der Waals surface area (Å²) >= 11 is 3.43. The van der Waals surface area contributed by atoms with Crippen molar-refractivity contribution in [3.05, 3.63) is 53.6 Å². The summed E-state index contributed by atoms with van der Waals surface area (Å²) in [6, 6.07) is 13.7. The van der Waals surface area contributed by atoms with Crippen molar-refractivity contribution in [1.82, 2.24) is 0 Å². The van der Waals surface area contributed by atoms with Crippen LogP contribution in [0.2, 0.25) is 0 Å². The third-order valence-corrected chi connectivity index (χ3v) is 3.56. The van der Waals surface area contributed by atoms with E-state index in [2.05, 4.69) is 15.9 Å². The average molecular weight is 337 g/mol. The van der Waals surface area contributed by atoms with Gasteiger partial charge in [-0.15, -0.1) is 0 Å². The minimum atomic E-state index is 0.473. The molecule has 0 fully saturated rings. The van der Waals surface area contributed by atoms with Gasteiger partial charge in [0.2, 0.25) is 0 Å². The topological polar surface area (TPSA) is 27.7 Å². The van der Waals surface area contributed by atoms with Crippen molar-refractivity contribution in [2.45, 2.75) is 11.9 Å². The molecular weight excluding hydrogens is 320 g/mol. The van der Waals surface area contributed by atoms with Gasteiger partial charge in [-0.3, -0.25) is 0 Å². The highest BCUT2D eigenvalue weighted by Crippen LogP contribution is 2.29. The molecule has 0 aliphatic rings. The summed E-state index contributed by atoms with van der Waals surface area (Å²) in [6.07, 6.45) is 0. The van der Waals surface area contributed by atoms with Gasteiger partial charge in [0.05, 0.1) is 14.2 Å². The molecule has 0 spiro atoms. The molecule has 4 heteroatoms. The van der Waals surface area contributed by atoms with Gasteiger partial charge in [-0.2, -0.15) is 0 Å². The second-order valence-electron chi connectivity index (χ2n) is 4.26. The van der Waals surface area contributed by atoms with Gasteiger partial charge < -0.3 is 14.2 Å². The normalized spacial score (nSPS) is 10.2. The smallest absolute Gasteiger partial charge is 0.161 e. The van der Waals surface area contributed by atoms with Crippen LogP contribution in [-0.4, -0.2) is 14.2 Å². The van der Waals surface area contributed by atoms with E-state index in [0.29, 0.717) is 6.61 Å². The SMILES string of the molecule is COc1cccc(COc2ccc(CBr)cc2OC)c1. The molecule has 0 bridgehead atoms. The lowest BCUT2D eigenvalue weighted by Gasteiger charge is -2.12. The number of hydrogen-bond donors (Lipinski definition) is 0. The zero-order valence-corrected chi connectivity index (χ0v) is 13.1. The number of benzene rings is 2. The second-order valence-corrected chi connectivity index (χ2v) is 4.82. The highest BCUT2D eigenvalue weighted by atomic mass is 79.9. The average Bonchev–Trinajstić information content (AvgIpc) is 2.52. The molecule has 0 N–H and O–H groups in total. The Morgan fingerprint density at radius 2 is 1.75 bits per heavy atom. The third-order valence-electron chi connectivity index (χ3n) is 2.91. The highest BCUT2D eigenvalue weighted by Gasteiger charge is 2.06. The predicted molar refractivity (Wildman–Crippen MR) is 83.0 cm³/mol. The second kappa shape index (κ2) is 7.20. The zero-order chi connectivity index (χ0) is 14.4. The fourth-order valence-electron chi connectivity index (χ4n) is 1.84. The maximum atomic E-state index is 5.82. The Labute approximate surface area is 127 Å². The molecule has 0 radical (unpaired) electrons. The van der Waals surface area contributed by atoms with Crippen LogP contribution in [0.1, 0.15) is 11.1 Å². The van der Waals surface area contributed by atoms with Gasteiger partial charge in [-0.1, -0.05) is 34.1 Å². The van der Waals surface area contributed by atoms with E-state index in [1.165, 1.54) is 0 Å². The van der Waals surface area contributed by atoms with E-state index in [0.717, 1.165) is 33.7 Å². The number of methoxy groups -OCH3 is 2. The van der Waals surface area contributed by atoms with E-state index >= 15 is 0 Å². The van der Waals surface area contributed by atoms with Gasteiger partial charge in [-0.05, 0) is 35.4 Å². The summed E-state index contributed by atoms with van der Waals surface area (Å²) in [4.78, 5) is 0. The maximum Gasteiger partial charge on any atom is 0.161 e. The molecule has 2 rings (SSSR count). The molecule has 3 nitrogen and oxygen atoms in total. The fourth-order valence-corrected chi connectivity index (χ4v) is 2.19. The Balaban J connectivity index is 2.10. The van der Waals surface area contributed by atoms with Gasteiger partial charge in [-0.25, -0.2) is 0 Å². The molecule has 20 heavy (non-hydrogen) atoms. The van der Waals surface area contributed by atoms with Crippen molar-refractivity contribution in [3.63, 3.8) is 0 Å². The van der Waals surface area contributed by atoms with Crippen molar-refractivity contribution >= 4 is 15.9 Å². The Hall–Kier alpha value is -1.68. The Bertz CT molecular complexity index is 569. The molecule has 0 aromatic heterocycles. The van der Waals surface area contributed by atoms with Crippen LogP contribution in [0.3, 0.4) is 0 Å². The lowest BCUT2D eigenvalue weighted by molar-refractivity contribution is 0.283. The molecule has 0 saturated heterocycles.